The van der Waals surface area contributed by atoms with E-state index >= 15 is 0 Å². The Morgan fingerprint density at radius 3 is 2.65 bits per heavy atom. The standard InChI is InChI=1S/C12H13FN4/c1-7(2)11-12(14)16-6-10(17-11)8-3-9(13)5-15-4-8/h3-7H,1-2H3,(H2,14,16). The molecule has 0 atom stereocenters. The fourth-order valence-electron chi connectivity index (χ4n) is 1.53. The molecule has 4 nitrogen and oxygen atoms in total. The van der Waals surface area contributed by atoms with E-state index < -0.39 is 5.82 Å². The Morgan fingerprint density at radius 1 is 1.24 bits per heavy atom. The molecule has 0 saturated heterocycles. The van der Waals surface area contributed by atoms with Crippen molar-refractivity contribution < 1.29 is 4.39 Å². The highest BCUT2D eigenvalue weighted by Gasteiger charge is 2.10. The van der Waals surface area contributed by atoms with Crippen molar-refractivity contribution >= 4 is 5.82 Å². The third kappa shape index (κ3) is 2.38. The third-order valence-corrected chi connectivity index (χ3v) is 2.38. The normalized spacial score (nSPS) is 10.8. The minimum Gasteiger partial charge on any atom is -0.382 e. The van der Waals surface area contributed by atoms with Gasteiger partial charge in [-0.3, -0.25) is 4.98 Å². The van der Waals surface area contributed by atoms with Crippen molar-refractivity contribution in [3.8, 4) is 11.3 Å². The second kappa shape index (κ2) is 4.45. The summed E-state index contributed by atoms with van der Waals surface area (Å²) in [4.78, 5) is 12.2. The van der Waals surface area contributed by atoms with Gasteiger partial charge in [0.25, 0.3) is 0 Å². The molecular weight excluding hydrogens is 219 g/mol. The molecule has 0 fully saturated rings. The minimum absolute atomic E-state index is 0.170. The van der Waals surface area contributed by atoms with Gasteiger partial charge in [0.15, 0.2) is 0 Å². The van der Waals surface area contributed by atoms with Crippen molar-refractivity contribution in [1.82, 2.24) is 15.0 Å². The Kier molecular flexibility index (Phi) is 2.99. The first-order valence-corrected chi connectivity index (χ1v) is 5.31. The number of aromatic nitrogens is 3. The predicted molar refractivity (Wildman–Crippen MR) is 63.7 cm³/mol. The number of hydrogen-bond donors (Lipinski definition) is 1. The summed E-state index contributed by atoms with van der Waals surface area (Å²) in [6, 6.07) is 1.37. The van der Waals surface area contributed by atoms with Gasteiger partial charge in [0.05, 0.1) is 23.8 Å². The summed E-state index contributed by atoms with van der Waals surface area (Å²) in [6.07, 6.45) is 4.22. The summed E-state index contributed by atoms with van der Waals surface area (Å²) in [5.41, 5.74) is 7.62. The zero-order valence-corrected chi connectivity index (χ0v) is 9.68. The summed E-state index contributed by atoms with van der Waals surface area (Å²) in [5, 5.41) is 0. The van der Waals surface area contributed by atoms with Gasteiger partial charge >= 0.3 is 0 Å². The number of halogens is 1. The zero-order chi connectivity index (χ0) is 12.4. The number of hydrogen-bond acceptors (Lipinski definition) is 4. The average molecular weight is 232 g/mol. The number of rotatable bonds is 2. The highest BCUT2D eigenvalue weighted by molar-refractivity contribution is 5.58. The summed E-state index contributed by atoms with van der Waals surface area (Å²) in [6.45, 7) is 3.96. The summed E-state index contributed by atoms with van der Waals surface area (Å²) >= 11 is 0. The molecule has 0 aliphatic carbocycles. The van der Waals surface area contributed by atoms with Crippen LogP contribution in [-0.4, -0.2) is 15.0 Å². The lowest BCUT2D eigenvalue weighted by atomic mass is 10.1. The Morgan fingerprint density at radius 2 is 2.00 bits per heavy atom. The SMILES string of the molecule is CC(C)c1nc(-c2cncc(F)c2)cnc1N. The van der Waals surface area contributed by atoms with Crippen LogP contribution in [0.4, 0.5) is 10.2 Å². The van der Waals surface area contributed by atoms with E-state index in [1.54, 1.807) is 6.20 Å². The van der Waals surface area contributed by atoms with Crippen molar-refractivity contribution in [3.63, 3.8) is 0 Å². The quantitative estimate of drug-likeness (QED) is 0.863. The first kappa shape index (κ1) is 11.4. The second-order valence-corrected chi connectivity index (χ2v) is 4.07. The van der Waals surface area contributed by atoms with E-state index in [2.05, 4.69) is 15.0 Å². The van der Waals surface area contributed by atoms with Gasteiger partial charge in [-0.15, -0.1) is 0 Å². The van der Waals surface area contributed by atoms with Crippen LogP contribution in [-0.2, 0) is 0 Å². The van der Waals surface area contributed by atoms with Gasteiger partial charge < -0.3 is 5.73 Å². The lowest BCUT2D eigenvalue weighted by Gasteiger charge is -2.09. The fourth-order valence-corrected chi connectivity index (χ4v) is 1.53. The van der Waals surface area contributed by atoms with E-state index in [0.717, 1.165) is 6.20 Å². The molecule has 2 heterocycles. The molecule has 0 aromatic carbocycles. The molecule has 88 valence electrons. The third-order valence-electron chi connectivity index (χ3n) is 2.38. The van der Waals surface area contributed by atoms with Crippen LogP contribution in [0.2, 0.25) is 0 Å². The van der Waals surface area contributed by atoms with Gasteiger partial charge in [-0.2, -0.15) is 0 Å². The number of anilines is 1. The molecule has 2 aromatic heterocycles. The van der Waals surface area contributed by atoms with E-state index in [9.17, 15) is 4.39 Å². The maximum absolute atomic E-state index is 13.1. The van der Waals surface area contributed by atoms with Gasteiger partial charge in [-0.1, -0.05) is 13.8 Å². The monoisotopic (exact) mass is 232 g/mol. The van der Waals surface area contributed by atoms with Crippen LogP contribution >= 0.6 is 0 Å². The summed E-state index contributed by atoms with van der Waals surface area (Å²) in [5.74, 6) is 0.185. The maximum atomic E-state index is 13.1. The van der Waals surface area contributed by atoms with Crippen LogP contribution in [0, 0.1) is 5.82 Å². The van der Waals surface area contributed by atoms with Gasteiger partial charge in [0, 0.05) is 11.8 Å². The molecule has 0 bridgehead atoms. The first-order valence-electron chi connectivity index (χ1n) is 5.31. The van der Waals surface area contributed by atoms with Crippen molar-refractivity contribution in [2.75, 3.05) is 5.73 Å². The molecule has 0 radical (unpaired) electrons. The van der Waals surface area contributed by atoms with E-state index in [1.165, 1.54) is 12.3 Å². The minimum atomic E-state index is -0.396. The molecule has 0 aliphatic heterocycles. The van der Waals surface area contributed by atoms with Crippen LogP contribution in [0.5, 0.6) is 0 Å². The molecule has 5 heteroatoms. The number of nitrogens with two attached hydrogens (primary N) is 1. The second-order valence-electron chi connectivity index (χ2n) is 4.07. The predicted octanol–water partition coefficient (Wildman–Crippen LogP) is 2.38. The van der Waals surface area contributed by atoms with Gasteiger partial charge in [-0.05, 0) is 12.0 Å². The Bertz CT molecular complexity index is 540. The number of nitrogen functional groups attached to an aromatic ring is 1. The zero-order valence-electron chi connectivity index (χ0n) is 9.68. The maximum Gasteiger partial charge on any atom is 0.145 e. The Balaban J connectivity index is 2.50. The van der Waals surface area contributed by atoms with Crippen LogP contribution in [0.1, 0.15) is 25.5 Å². The van der Waals surface area contributed by atoms with Gasteiger partial charge in [0.1, 0.15) is 11.6 Å². The van der Waals surface area contributed by atoms with Gasteiger partial charge in [0.2, 0.25) is 0 Å². The molecule has 2 N–H and O–H groups in total. The fraction of sp³-hybridized carbons (Fsp3) is 0.250. The highest BCUT2D eigenvalue weighted by Crippen LogP contribution is 2.22. The smallest absolute Gasteiger partial charge is 0.145 e. The average Bonchev–Trinajstić information content (AvgIpc) is 2.29. The Hall–Kier alpha value is -2.04. The molecule has 2 aromatic rings. The molecule has 0 unspecified atom stereocenters. The molecule has 17 heavy (non-hydrogen) atoms. The number of nitrogens with zero attached hydrogens (tertiary/aromatic N) is 3. The first-order chi connectivity index (χ1) is 8.08. The lowest BCUT2D eigenvalue weighted by molar-refractivity contribution is 0.622. The van der Waals surface area contributed by atoms with Crippen LogP contribution in [0.15, 0.2) is 24.7 Å². The molecular formula is C12H13FN4. The molecule has 0 spiro atoms. The molecule has 0 saturated carbocycles. The van der Waals surface area contributed by atoms with E-state index in [4.69, 9.17) is 5.73 Å². The molecule has 2 rings (SSSR count). The van der Waals surface area contributed by atoms with Crippen molar-refractivity contribution in [3.05, 3.63) is 36.2 Å². The summed E-state index contributed by atoms with van der Waals surface area (Å²) in [7, 11) is 0. The molecule has 0 amide bonds. The van der Waals surface area contributed by atoms with E-state index in [1.807, 2.05) is 13.8 Å². The van der Waals surface area contributed by atoms with Crippen LogP contribution in [0.3, 0.4) is 0 Å². The van der Waals surface area contributed by atoms with Crippen molar-refractivity contribution in [2.24, 2.45) is 0 Å². The Labute approximate surface area is 98.7 Å². The van der Waals surface area contributed by atoms with Crippen LogP contribution in [0.25, 0.3) is 11.3 Å². The largest absolute Gasteiger partial charge is 0.382 e. The lowest BCUT2D eigenvalue weighted by Crippen LogP contribution is -2.04. The van der Waals surface area contributed by atoms with Crippen molar-refractivity contribution in [2.45, 2.75) is 19.8 Å². The van der Waals surface area contributed by atoms with E-state index in [-0.39, 0.29) is 5.92 Å². The number of pyridine rings is 1. The highest BCUT2D eigenvalue weighted by atomic mass is 19.1. The van der Waals surface area contributed by atoms with Crippen LogP contribution < -0.4 is 5.73 Å². The topological polar surface area (TPSA) is 64.7 Å². The van der Waals surface area contributed by atoms with Gasteiger partial charge in [-0.25, -0.2) is 14.4 Å². The van der Waals surface area contributed by atoms with E-state index in [0.29, 0.717) is 22.8 Å². The molecule has 0 aliphatic rings. The van der Waals surface area contributed by atoms with Crippen molar-refractivity contribution in [1.29, 1.82) is 0 Å². The summed E-state index contributed by atoms with van der Waals surface area (Å²) < 4.78 is 13.1.